The molecule has 0 radical (unpaired) electrons. The maximum absolute atomic E-state index is 12.9. The van der Waals surface area contributed by atoms with E-state index in [1.165, 1.54) is 16.8 Å². The van der Waals surface area contributed by atoms with Gasteiger partial charge in [0.1, 0.15) is 5.75 Å². The van der Waals surface area contributed by atoms with Crippen LogP contribution < -0.4 is 10.3 Å². The summed E-state index contributed by atoms with van der Waals surface area (Å²) in [7, 11) is 1.57. The highest BCUT2D eigenvalue weighted by molar-refractivity contribution is 5.88. The molecule has 0 unspecified atom stereocenters. The van der Waals surface area contributed by atoms with Gasteiger partial charge in [-0.05, 0) is 23.8 Å². The molecule has 2 aromatic carbocycles. The zero-order valence-electron chi connectivity index (χ0n) is 18.0. The van der Waals surface area contributed by atoms with Gasteiger partial charge < -0.3 is 9.64 Å². The highest BCUT2D eigenvalue weighted by Gasteiger charge is 2.31. The third kappa shape index (κ3) is 5.51. The molecule has 10 heteroatoms. The molecule has 1 amide bonds. The first-order valence-corrected chi connectivity index (χ1v) is 10.5. The summed E-state index contributed by atoms with van der Waals surface area (Å²) in [6, 6.07) is 12.9. The summed E-state index contributed by atoms with van der Waals surface area (Å²) in [5.41, 5.74) is 1.24. The van der Waals surface area contributed by atoms with Crippen LogP contribution in [0, 0.1) is 0 Å². The molecular weight excluding hydrogens is 437 g/mol. The van der Waals surface area contributed by atoms with Crippen LogP contribution in [0.15, 0.2) is 53.3 Å². The summed E-state index contributed by atoms with van der Waals surface area (Å²) in [5, 5.41) is 5.52. The largest absolute Gasteiger partial charge is 0.573 e. The van der Waals surface area contributed by atoms with E-state index >= 15 is 0 Å². The molecule has 33 heavy (non-hydrogen) atoms. The van der Waals surface area contributed by atoms with Gasteiger partial charge in [-0.3, -0.25) is 14.5 Å². The van der Waals surface area contributed by atoms with Crippen molar-refractivity contribution in [3.8, 4) is 5.75 Å². The fourth-order valence-corrected chi connectivity index (χ4v) is 3.97. The first-order chi connectivity index (χ1) is 15.7. The molecule has 1 fully saturated rings. The third-order valence-corrected chi connectivity index (χ3v) is 5.64. The number of aryl methyl sites for hydroxylation is 1. The van der Waals surface area contributed by atoms with E-state index in [-0.39, 0.29) is 23.6 Å². The normalized spacial score (nSPS) is 15.1. The lowest BCUT2D eigenvalue weighted by atomic mass is 10.1. The number of alkyl halides is 3. The highest BCUT2D eigenvalue weighted by atomic mass is 19.4. The molecule has 0 atom stereocenters. The van der Waals surface area contributed by atoms with Gasteiger partial charge in [0, 0.05) is 45.2 Å². The molecule has 0 aliphatic carbocycles. The molecule has 0 N–H and O–H groups in total. The number of fused-ring (bicyclic) bond motifs is 1. The Morgan fingerprint density at radius 2 is 1.64 bits per heavy atom. The maximum Gasteiger partial charge on any atom is 0.573 e. The molecule has 1 aliphatic rings. The third-order valence-electron chi connectivity index (χ3n) is 5.64. The van der Waals surface area contributed by atoms with Crippen LogP contribution in [-0.4, -0.2) is 58.0 Å². The average Bonchev–Trinajstić information content (AvgIpc) is 2.78. The van der Waals surface area contributed by atoms with Crippen molar-refractivity contribution in [3.05, 3.63) is 70.1 Å². The summed E-state index contributed by atoms with van der Waals surface area (Å²) in [4.78, 5) is 29.1. The van der Waals surface area contributed by atoms with Gasteiger partial charge in [0.25, 0.3) is 5.56 Å². The van der Waals surface area contributed by atoms with Crippen molar-refractivity contribution in [2.24, 2.45) is 7.05 Å². The number of ether oxygens (including phenoxy) is 1. The van der Waals surface area contributed by atoms with Crippen molar-refractivity contribution in [2.45, 2.75) is 19.3 Å². The standard InChI is InChI=1S/C23H23F3N4O3/c1-28-22(32)19-5-3-2-4-18(19)20(27-28)14-21(31)30-12-10-29(11-13-30)15-16-6-8-17(9-7-16)33-23(24,25)26/h2-9H,10-15H2,1H3. The first kappa shape index (κ1) is 22.8. The summed E-state index contributed by atoms with van der Waals surface area (Å²) >= 11 is 0. The van der Waals surface area contributed by atoms with E-state index in [0.29, 0.717) is 49.2 Å². The molecular formula is C23H23F3N4O3. The van der Waals surface area contributed by atoms with Crippen molar-refractivity contribution in [1.82, 2.24) is 19.6 Å². The number of amides is 1. The van der Waals surface area contributed by atoms with Gasteiger partial charge in [-0.2, -0.15) is 5.10 Å². The predicted octanol–water partition coefficient (Wildman–Crippen LogP) is 2.72. The summed E-state index contributed by atoms with van der Waals surface area (Å²) in [5.74, 6) is -0.305. The number of rotatable bonds is 5. The van der Waals surface area contributed by atoms with Crippen molar-refractivity contribution in [1.29, 1.82) is 0 Å². The van der Waals surface area contributed by atoms with Crippen molar-refractivity contribution < 1.29 is 22.7 Å². The summed E-state index contributed by atoms with van der Waals surface area (Å²) in [6.07, 6.45) is -4.60. The Morgan fingerprint density at radius 1 is 1.00 bits per heavy atom. The van der Waals surface area contributed by atoms with Gasteiger partial charge in [0.05, 0.1) is 17.5 Å². The van der Waals surface area contributed by atoms with E-state index in [1.807, 2.05) is 6.07 Å². The zero-order valence-corrected chi connectivity index (χ0v) is 18.0. The number of nitrogens with zero attached hydrogens (tertiary/aromatic N) is 4. The topological polar surface area (TPSA) is 67.7 Å². The van der Waals surface area contributed by atoms with E-state index < -0.39 is 6.36 Å². The number of carbonyl (C=O) groups is 1. The fourth-order valence-electron chi connectivity index (χ4n) is 3.97. The van der Waals surface area contributed by atoms with Crippen LogP contribution >= 0.6 is 0 Å². The smallest absolute Gasteiger partial charge is 0.406 e. The van der Waals surface area contributed by atoms with Crippen LogP contribution in [0.5, 0.6) is 5.75 Å². The Labute approximate surface area is 188 Å². The first-order valence-electron chi connectivity index (χ1n) is 10.5. The molecule has 1 saturated heterocycles. The molecule has 0 spiro atoms. The monoisotopic (exact) mass is 460 g/mol. The van der Waals surface area contributed by atoms with Crippen LogP contribution in [0.1, 0.15) is 11.3 Å². The van der Waals surface area contributed by atoms with Crippen LogP contribution in [0.2, 0.25) is 0 Å². The van der Waals surface area contributed by atoms with Gasteiger partial charge >= 0.3 is 6.36 Å². The fraction of sp³-hybridized carbons (Fsp3) is 0.348. The van der Waals surface area contributed by atoms with E-state index in [0.717, 1.165) is 5.56 Å². The molecule has 7 nitrogen and oxygen atoms in total. The molecule has 0 bridgehead atoms. The number of piperazine rings is 1. The molecule has 1 aromatic heterocycles. The van der Waals surface area contributed by atoms with Crippen molar-refractivity contribution >= 4 is 16.7 Å². The van der Waals surface area contributed by atoms with E-state index in [2.05, 4.69) is 14.7 Å². The van der Waals surface area contributed by atoms with E-state index in [9.17, 15) is 22.8 Å². The van der Waals surface area contributed by atoms with Gasteiger partial charge in [-0.15, -0.1) is 13.2 Å². The van der Waals surface area contributed by atoms with Gasteiger partial charge in [-0.1, -0.05) is 30.3 Å². The second-order valence-electron chi connectivity index (χ2n) is 7.95. The number of benzene rings is 2. The number of aromatic nitrogens is 2. The number of hydrogen-bond donors (Lipinski definition) is 0. The molecule has 3 aromatic rings. The lowest BCUT2D eigenvalue weighted by Gasteiger charge is -2.34. The van der Waals surface area contributed by atoms with Gasteiger partial charge in [-0.25, -0.2) is 4.68 Å². The van der Waals surface area contributed by atoms with Crippen LogP contribution in [0.4, 0.5) is 13.2 Å². The number of carbonyl (C=O) groups excluding carboxylic acids is 1. The lowest BCUT2D eigenvalue weighted by molar-refractivity contribution is -0.274. The summed E-state index contributed by atoms with van der Waals surface area (Å²) < 4.78 is 42.0. The van der Waals surface area contributed by atoms with Crippen molar-refractivity contribution in [2.75, 3.05) is 26.2 Å². The molecule has 0 saturated carbocycles. The minimum Gasteiger partial charge on any atom is -0.406 e. The Bertz CT molecular complexity index is 1200. The molecule has 1 aliphatic heterocycles. The molecule has 2 heterocycles. The van der Waals surface area contributed by atoms with E-state index in [1.54, 1.807) is 42.3 Å². The highest BCUT2D eigenvalue weighted by Crippen LogP contribution is 2.23. The Balaban J connectivity index is 1.34. The summed E-state index contributed by atoms with van der Waals surface area (Å²) in [6.45, 7) is 2.94. The quantitative estimate of drug-likeness (QED) is 0.586. The van der Waals surface area contributed by atoms with Crippen LogP contribution in [0.25, 0.3) is 10.8 Å². The Hall–Kier alpha value is -3.40. The van der Waals surface area contributed by atoms with Crippen LogP contribution in [-0.2, 0) is 24.8 Å². The SMILES string of the molecule is Cn1nc(CC(=O)N2CCN(Cc3ccc(OC(F)(F)F)cc3)CC2)c2ccccc2c1=O. The minimum atomic E-state index is -4.71. The lowest BCUT2D eigenvalue weighted by Crippen LogP contribution is -2.48. The second kappa shape index (κ2) is 9.22. The average molecular weight is 460 g/mol. The zero-order chi connectivity index (χ0) is 23.6. The Morgan fingerprint density at radius 3 is 2.27 bits per heavy atom. The molecule has 4 rings (SSSR count). The van der Waals surface area contributed by atoms with Gasteiger partial charge in [0.15, 0.2) is 0 Å². The predicted molar refractivity (Wildman–Crippen MR) is 116 cm³/mol. The van der Waals surface area contributed by atoms with Gasteiger partial charge in [0.2, 0.25) is 5.91 Å². The molecule has 174 valence electrons. The maximum atomic E-state index is 12.9. The number of hydrogen-bond acceptors (Lipinski definition) is 5. The Kier molecular flexibility index (Phi) is 6.37. The minimum absolute atomic E-state index is 0.0559. The second-order valence-corrected chi connectivity index (χ2v) is 7.95. The van der Waals surface area contributed by atoms with Crippen LogP contribution in [0.3, 0.4) is 0 Å². The number of halogens is 3. The van der Waals surface area contributed by atoms with E-state index in [4.69, 9.17) is 0 Å². The van der Waals surface area contributed by atoms with Crippen molar-refractivity contribution in [3.63, 3.8) is 0 Å².